The van der Waals surface area contributed by atoms with Gasteiger partial charge in [0, 0.05) is 19.6 Å². The van der Waals surface area contributed by atoms with Crippen LogP contribution in [0.1, 0.15) is 31.2 Å². The largest absolute Gasteiger partial charge is 0.493 e. The first-order valence-corrected chi connectivity index (χ1v) is 9.42. The number of carboxylic acid groups (broad SMARTS) is 1. The lowest BCUT2D eigenvalue weighted by atomic mass is 9.74. The molecule has 1 spiro atoms. The van der Waals surface area contributed by atoms with Gasteiger partial charge in [-0.25, -0.2) is 4.79 Å². The molecule has 2 heterocycles. The number of piperidine rings is 2. The molecule has 0 saturated carbocycles. The van der Waals surface area contributed by atoms with Gasteiger partial charge in [-0.1, -0.05) is 6.07 Å². The minimum Gasteiger partial charge on any atom is -0.493 e. The van der Waals surface area contributed by atoms with E-state index in [1.54, 1.807) is 7.11 Å². The highest BCUT2D eigenvalue weighted by atomic mass is 16.5. The zero-order valence-corrected chi connectivity index (χ0v) is 15.9. The van der Waals surface area contributed by atoms with Crippen molar-refractivity contribution >= 4 is 5.97 Å². The number of methoxy groups -OCH3 is 1. The average molecular weight is 362 g/mol. The maximum Gasteiger partial charge on any atom is 0.341 e. The zero-order valence-electron chi connectivity index (χ0n) is 15.9. The molecule has 0 aliphatic carbocycles. The van der Waals surface area contributed by atoms with Crippen molar-refractivity contribution in [3.63, 3.8) is 0 Å². The third-order valence-corrected chi connectivity index (χ3v) is 5.58. The van der Waals surface area contributed by atoms with Crippen molar-refractivity contribution in [3.8, 4) is 11.5 Å². The van der Waals surface area contributed by atoms with E-state index in [2.05, 4.69) is 16.8 Å². The molecule has 2 aliphatic rings. The van der Waals surface area contributed by atoms with Crippen molar-refractivity contribution in [2.24, 2.45) is 5.41 Å². The van der Waals surface area contributed by atoms with Crippen LogP contribution < -0.4 is 9.47 Å². The Morgan fingerprint density at radius 2 is 1.96 bits per heavy atom. The van der Waals surface area contributed by atoms with E-state index in [1.165, 1.54) is 38.8 Å². The summed E-state index contributed by atoms with van der Waals surface area (Å²) in [5, 5.41) is 8.85. The van der Waals surface area contributed by atoms with Crippen LogP contribution in [0, 0.1) is 5.41 Å². The minimum atomic E-state index is -0.989. The summed E-state index contributed by atoms with van der Waals surface area (Å²) in [6, 6.07) is 5.82. The Hall–Kier alpha value is -1.79. The van der Waals surface area contributed by atoms with Crippen LogP contribution in [0.5, 0.6) is 11.5 Å². The van der Waals surface area contributed by atoms with Gasteiger partial charge in [0.2, 0.25) is 0 Å². The second-order valence-electron chi connectivity index (χ2n) is 7.82. The van der Waals surface area contributed by atoms with E-state index in [0.717, 1.165) is 25.2 Å². The molecule has 1 atom stereocenters. The third-order valence-electron chi connectivity index (χ3n) is 5.58. The van der Waals surface area contributed by atoms with Crippen LogP contribution >= 0.6 is 0 Å². The number of carbonyl (C=O) groups is 1. The fourth-order valence-corrected chi connectivity index (χ4v) is 4.56. The highest BCUT2D eigenvalue weighted by Gasteiger charge is 2.38. The Balaban J connectivity index is 1.67. The maximum absolute atomic E-state index is 10.8. The summed E-state index contributed by atoms with van der Waals surface area (Å²) in [6.07, 6.45) is 5.18. The summed E-state index contributed by atoms with van der Waals surface area (Å²) >= 11 is 0. The summed E-state index contributed by atoms with van der Waals surface area (Å²) in [4.78, 5) is 15.8. The third kappa shape index (κ3) is 4.68. The fourth-order valence-electron chi connectivity index (χ4n) is 4.56. The van der Waals surface area contributed by atoms with Gasteiger partial charge in [-0.2, -0.15) is 0 Å². The summed E-state index contributed by atoms with van der Waals surface area (Å²) in [5.74, 6) is 0.0763. The number of aliphatic carboxylic acids is 1. The van der Waals surface area contributed by atoms with Gasteiger partial charge in [0.05, 0.1) is 7.11 Å². The molecule has 0 amide bonds. The molecule has 3 rings (SSSR count). The molecular weight excluding hydrogens is 332 g/mol. The number of carboxylic acids is 1. The molecule has 26 heavy (non-hydrogen) atoms. The topological polar surface area (TPSA) is 62.2 Å². The SMILES string of the molecule is COc1ccc(CN2CCC[C@@]3(CCCN(C)C3)C2)cc1OCC(=O)O. The second kappa shape index (κ2) is 8.27. The number of hydrogen-bond acceptors (Lipinski definition) is 5. The maximum atomic E-state index is 10.8. The van der Waals surface area contributed by atoms with Gasteiger partial charge in [-0.3, -0.25) is 4.90 Å². The Bertz CT molecular complexity index is 632. The van der Waals surface area contributed by atoms with E-state index >= 15 is 0 Å². The monoisotopic (exact) mass is 362 g/mol. The Morgan fingerprint density at radius 3 is 2.65 bits per heavy atom. The van der Waals surface area contributed by atoms with Crippen molar-refractivity contribution < 1.29 is 19.4 Å². The standard InChI is InChI=1S/C20H30N2O4/c1-21-9-3-7-20(14-21)8-4-10-22(15-20)12-16-5-6-17(25-2)18(11-16)26-13-19(23)24/h5-6,11H,3-4,7-10,12-15H2,1-2H3,(H,23,24)/t20-/m1/s1. The van der Waals surface area contributed by atoms with Crippen LogP contribution in [-0.2, 0) is 11.3 Å². The smallest absolute Gasteiger partial charge is 0.341 e. The van der Waals surface area contributed by atoms with Crippen LogP contribution in [0.2, 0.25) is 0 Å². The van der Waals surface area contributed by atoms with Crippen LogP contribution in [0.3, 0.4) is 0 Å². The molecule has 1 N–H and O–H groups in total. The van der Waals surface area contributed by atoms with Crippen molar-refractivity contribution in [1.82, 2.24) is 9.80 Å². The van der Waals surface area contributed by atoms with Crippen molar-refractivity contribution in [2.75, 3.05) is 46.9 Å². The Morgan fingerprint density at radius 1 is 1.19 bits per heavy atom. The summed E-state index contributed by atoms with van der Waals surface area (Å²) < 4.78 is 10.7. The first kappa shape index (κ1) is 19.0. The van der Waals surface area contributed by atoms with Gasteiger partial charge in [0.25, 0.3) is 0 Å². The van der Waals surface area contributed by atoms with Gasteiger partial charge in [-0.05, 0) is 68.9 Å². The van der Waals surface area contributed by atoms with Gasteiger partial charge in [0.1, 0.15) is 0 Å². The van der Waals surface area contributed by atoms with E-state index in [0.29, 0.717) is 16.9 Å². The van der Waals surface area contributed by atoms with Crippen molar-refractivity contribution in [3.05, 3.63) is 23.8 Å². The number of hydrogen-bond donors (Lipinski definition) is 1. The van der Waals surface area contributed by atoms with Crippen molar-refractivity contribution in [2.45, 2.75) is 32.2 Å². The number of benzene rings is 1. The van der Waals surface area contributed by atoms with E-state index < -0.39 is 5.97 Å². The first-order chi connectivity index (χ1) is 12.5. The van der Waals surface area contributed by atoms with E-state index in [-0.39, 0.29) is 6.61 Å². The summed E-state index contributed by atoms with van der Waals surface area (Å²) in [6.45, 7) is 5.15. The van der Waals surface area contributed by atoms with Crippen LogP contribution in [-0.4, -0.2) is 67.8 Å². The molecule has 2 saturated heterocycles. The first-order valence-electron chi connectivity index (χ1n) is 9.42. The highest BCUT2D eigenvalue weighted by Crippen LogP contribution is 2.38. The number of nitrogens with zero attached hydrogens (tertiary/aromatic N) is 2. The Labute approximate surface area is 155 Å². The van der Waals surface area contributed by atoms with Crippen LogP contribution in [0.25, 0.3) is 0 Å². The molecule has 1 aromatic rings. The number of ether oxygens (including phenoxy) is 2. The van der Waals surface area contributed by atoms with Gasteiger partial charge in [0.15, 0.2) is 18.1 Å². The normalized spacial score (nSPS) is 24.5. The minimum absolute atomic E-state index is 0.362. The lowest BCUT2D eigenvalue weighted by molar-refractivity contribution is -0.139. The van der Waals surface area contributed by atoms with Gasteiger partial charge >= 0.3 is 5.97 Å². The van der Waals surface area contributed by atoms with Gasteiger partial charge in [-0.15, -0.1) is 0 Å². The van der Waals surface area contributed by atoms with E-state index in [1.807, 2.05) is 18.2 Å². The lowest BCUT2D eigenvalue weighted by Gasteiger charge is -2.48. The molecule has 0 bridgehead atoms. The molecule has 2 fully saturated rings. The lowest BCUT2D eigenvalue weighted by Crippen LogP contribution is -2.51. The highest BCUT2D eigenvalue weighted by molar-refractivity contribution is 5.68. The fraction of sp³-hybridized carbons (Fsp3) is 0.650. The van der Waals surface area contributed by atoms with Crippen LogP contribution in [0.4, 0.5) is 0 Å². The second-order valence-corrected chi connectivity index (χ2v) is 7.82. The molecule has 144 valence electrons. The Kier molecular flexibility index (Phi) is 6.04. The molecule has 0 unspecified atom stereocenters. The summed E-state index contributed by atoms with van der Waals surface area (Å²) in [5.41, 5.74) is 1.56. The molecule has 1 aromatic carbocycles. The molecule has 6 nitrogen and oxygen atoms in total. The molecule has 6 heteroatoms. The molecule has 0 aromatic heterocycles. The molecular formula is C20H30N2O4. The number of rotatable bonds is 6. The average Bonchev–Trinajstić information content (AvgIpc) is 2.60. The quantitative estimate of drug-likeness (QED) is 0.839. The van der Waals surface area contributed by atoms with E-state index in [4.69, 9.17) is 14.6 Å². The van der Waals surface area contributed by atoms with E-state index in [9.17, 15) is 4.79 Å². The predicted octanol–water partition coefficient (Wildman–Crippen LogP) is 2.47. The summed E-state index contributed by atoms with van der Waals surface area (Å²) in [7, 11) is 3.80. The predicted molar refractivity (Wildman–Crippen MR) is 99.8 cm³/mol. The van der Waals surface area contributed by atoms with Gasteiger partial charge < -0.3 is 19.5 Å². The molecule has 2 aliphatic heterocycles. The van der Waals surface area contributed by atoms with Crippen LogP contribution in [0.15, 0.2) is 18.2 Å². The number of likely N-dealkylation sites (tertiary alicyclic amines) is 2. The zero-order chi connectivity index (χ0) is 18.6. The molecule has 0 radical (unpaired) electrons. The van der Waals surface area contributed by atoms with Crippen molar-refractivity contribution in [1.29, 1.82) is 0 Å².